The van der Waals surface area contributed by atoms with Crippen LogP contribution in [-0.2, 0) is 17.6 Å². The second kappa shape index (κ2) is 6.33. The maximum Gasteiger partial charge on any atom is 0.326 e. The summed E-state index contributed by atoms with van der Waals surface area (Å²) in [6.45, 7) is 2.01. The smallest absolute Gasteiger partial charge is 0.326 e. The lowest BCUT2D eigenvalue weighted by Gasteiger charge is -2.12. The highest BCUT2D eigenvalue weighted by Gasteiger charge is 2.22. The topological polar surface area (TPSA) is 95.1 Å². The lowest BCUT2D eigenvalue weighted by Crippen LogP contribution is -2.42. The van der Waals surface area contributed by atoms with Crippen LogP contribution in [0.5, 0.6) is 0 Å². The van der Waals surface area contributed by atoms with E-state index in [2.05, 4.69) is 15.3 Å². The van der Waals surface area contributed by atoms with Crippen molar-refractivity contribution in [1.82, 2.24) is 15.3 Å². The van der Waals surface area contributed by atoms with Crippen LogP contribution in [-0.4, -0.2) is 33.0 Å². The minimum Gasteiger partial charge on any atom is -0.480 e. The predicted octanol–water partition coefficient (Wildman–Crippen LogP) is 1.46. The van der Waals surface area contributed by atoms with Crippen LogP contribution in [0.4, 0.5) is 0 Å². The van der Waals surface area contributed by atoms with Crippen molar-refractivity contribution >= 4 is 23.2 Å². The third-order valence-electron chi connectivity index (χ3n) is 2.82. The van der Waals surface area contributed by atoms with Crippen molar-refractivity contribution in [1.29, 1.82) is 0 Å². The number of nitrogens with one attached hydrogen (secondary N) is 2. The van der Waals surface area contributed by atoms with Crippen LogP contribution in [0.15, 0.2) is 24.7 Å². The first kappa shape index (κ1) is 14.3. The third-order valence-corrected chi connectivity index (χ3v) is 4.04. The summed E-state index contributed by atoms with van der Waals surface area (Å²) in [6, 6.07) is 2.62. The number of carboxylic acids is 1. The molecule has 20 heavy (non-hydrogen) atoms. The van der Waals surface area contributed by atoms with E-state index in [-0.39, 0.29) is 12.3 Å². The van der Waals surface area contributed by atoms with E-state index in [4.69, 9.17) is 0 Å². The zero-order valence-corrected chi connectivity index (χ0v) is 11.7. The summed E-state index contributed by atoms with van der Waals surface area (Å²) in [5.41, 5.74) is 0.665. The number of carbonyl (C=O) groups is 2. The van der Waals surface area contributed by atoms with Crippen LogP contribution < -0.4 is 5.32 Å². The van der Waals surface area contributed by atoms with Crippen LogP contribution in [0, 0.1) is 0 Å². The molecular weight excluding hydrogens is 278 g/mol. The Bertz CT molecular complexity index is 592. The van der Waals surface area contributed by atoms with E-state index in [1.165, 1.54) is 17.7 Å². The summed E-state index contributed by atoms with van der Waals surface area (Å²) < 4.78 is 0. The Morgan fingerprint density at radius 1 is 1.50 bits per heavy atom. The van der Waals surface area contributed by atoms with Gasteiger partial charge in [-0.3, -0.25) is 4.79 Å². The van der Waals surface area contributed by atoms with Gasteiger partial charge in [-0.05, 0) is 18.6 Å². The molecule has 3 N–H and O–H groups in total. The van der Waals surface area contributed by atoms with Crippen LogP contribution in [0.1, 0.15) is 27.2 Å². The van der Waals surface area contributed by atoms with Crippen LogP contribution in [0.3, 0.4) is 0 Å². The zero-order chi connectivity index (χ0) is 14.5. The number of aliphatic carboxylic acids is 1. The number of imidazole rings is 1. The van der Waals surface area contributed by atoms with Crippen molar-refractivity contribution in [2.24, 2.45) is 0 Å². The van der Waals surface area contributed by atoms with Crippen molar-refractivity contribution < 1.29 is 14.7 Å². The Morgan fingerprint density at radius 2 is 2.30 bits per heavy atom. The molecule has 2 rings (SSSR count). The second-order valence-electron chi connectivity index (χ2n) is 4.26. The minimum absolute atomic E-state index is 0.174. The molecule has 0 aliphatic heterocycles. The lowest BCUT2D eigenvalue weighted by molar-refractivity contribution is -0.139. The summed E-state index contributed by atoms with van der Waals surface area (Å²) in [5, 5.41) is 11.7. The minimum atomic E-state index is -1.07. The summed E-state index contributed by atoms with van der Waals surface area (Å²) >= 11 is 1.38. The molecule has 2 aromatic rings. The molecule has 6 nitrogen and oxygen atoms in total. The number of thiophene rings is 1. The Morgan fingerprint density at radius 3 is 2.85 bits per heavy atom. The average Bonchev–Trinajstić information content (AvgIpc) is 3.08. The SMILES string of the molecule is CCc1ccc(C(=O)N[C@H](Cc2cnc[nH]2)C(=O)O)s1. The molecule has 0 radical (unpaired) electrons. The normalized spacial score (nSPS) is 12.1. The van der Waals surface area contributed by atoms with Gasteiger partial charge in [-0.15, -0.1) is 11.3 Å². The van der Waals surface area contributed by atoms with Gasteiger partial charge in [0, 0.05) is 23.2 Å². The van der Waals surface area contributed by atoms with Gasteiger partial charge in [0.25, 0.3) is 5.91 Å². The fourth-order valence-electron chi connectivity index (χ4n) is 1.74. The molecule has 1 amide bonds. The Hall–Kier alpha value is -2.15. The Balaban J connectivity index is 2.04. The molecule has 0 bridgehead atoms. The molecule has 0 spiro atoms. The molecule has 0 unspecified atom stereocenters. The summed E-state index contributed by atoms with van der Waals surface area (Å²) in [6.07, 6.45) is 4.05. The Labute approximate surface area is 119 Å². The molecule has 2 aromatic heterocycles. The molecule has 0 saturated carbocycles. The van der Waals surface area contributed by atoms with E-state index in [1.807, 2.05) is 13.0 Å². The lowest BCUT2D eigenvalue weighted by atomic mass is 10.1. The van der Waals surface area contributed by atoms with Gasteiger partial charge in [0.1, 0.15) is 6.04 Å². The van der Waals surface area contributed by atoms with E-state index >= 15 is 0 Å². The number of hydrogen-bond donors (Lipinski definition) is 3. The molecule has 1 atom stereocenters. The van der Waals surface area contributed by atoms with Crippen molar-refractivity contribution in [2.45, 2.75) is 25.8 Å². The molecule has 2 heterocycles. The fraction of sp³-hybridized carbons (Fsp3) is 0.308. The van der Waals surface area contributed by atoms with Gasteiger partial charge < -0.3 is 15.4 Å². The highest BCUT2D eigenvalue weighted by molar-refractivity contribution is 7.14. The largest absolute Gasteiger partial charge is 0.480 e. The zero-order valence-electron chi connectivity index (χ0n) is 10.9. The van der Waals surface area contributed by atoms with E-state index < -0.39 is 12.0 Å². The fourth-order valence-corrected chi connectivity index (χ4v) is 2.59. The third kappa shape index (κ3) is 3.45. The summed E-state index contributed by atoms with van der Waals surface area (Å²) in [5.74, 6) is -1.43. The van der Waals surface area contributed by atoms with Crippen molar-refractivity contribution in [3.05, 3.63) is 40.1 Å². The molecule has 0 aromatic carbocycles. The monoisotopic (exact) mass is 293 g/mol. The maximum absolute atomic E-state index is 12.0. The summed E-state index contributed by atoms with van der Waals surface area (Å²) in [4.78, 5) is 31.5. The van der Waals surface area contributed by atoms with Crippen molar-refractivity contribution in [2.75, 3.05) is 0 Å². The number of amides is 1. The number of carboxylic acid groups (broad SMARTS) is 1. The maximum atomic E-state index is 12.0. The molecule has 0 fully saturated rings. The number of carbonyl (C=O) groups excluding carboxylic acids is 1. The van der Waals surface area contributed by atoms with Crippen LogP contribution in [0.2, 0.25) is 0 Å². The highest BCUT2D eigenvalue weighted by atomic mass is 32.1. The number of hydrogen-bond acceptors (Lipinski definition) is 4. The quantitative estimate of drug-likeness (QED) is 0.751. The first-order valence-electron chi connectivity index (χ1n) is 6.19. The molecule has 7 heteroatoms. The predicted molar refractivity (Wildman–Crippen MR) is 74.9 cm³/mol. The van der Waals surface area contributed by atoms with E-state index in [0.29, 0.717) is 10.6 Å². The van der Waals surface area contributed by atoms with Gasteiger partial charge in [-0.25, -0.2) is 9.78 Å². The van der Waals surface area contributed by atoms with Crippen molar-refractivity contribution in [3.8, 4) is 0 Å². The van der Waals surface area contributed by atoms with Gasteiger partial charge in [-0.2, -0.15) is 0 Å². The van der Waals surface area contributed by atoms with E-state index in [1.54, 1.807) is 12.3 Å². The number of nitrogens with zero attached hydrogens (tertiary/aromatic N) is 1. The molecule has 0 saturated heterocycles. The van der Waals surface area contributed by atoms with Gasteiger partial charge in [0.15, 0.2) is 0 Å². The van der Waals surface area contributed by atoms with Gasteiger partial charge in [-0.1, -0.05) is 6.92 Å². The van der Waals surface area contributed by atoms with Crippen molar-refractivity contribution in [3.63, 3.8) is 0 Å². The average molecular weight is 293 g/mol. The first-order valence-corrected chi connectivity index (χ1v) is 7.01. The number of rotatable bonds is 6. The second-order valence-corrected chi connectivity index (χ2v) is 5.43. The van der Waals surface area contributed by atoms with Gasteiger partial charge >= 0.3 is 5.97 Å². The first-order chi connectivity index (χ1) is 9.60. The van der Waals surface area contributed by atoms with Gasteiger partial charge in [0.05, 0.1) is 11.2 Å². The number of H-pyrrole nitrogens is 1. The molecule has 106 valence electrons. The molecular formula is C13H15N3O3S. The molecule has 0 aliphatic rings. The molecule has 0 aliphatic carbocycles. The van der Waals surface area contributed by atoms with E-state index in [0.717, 1.165) is 11.3 Å². The van der Waals surface area contributed by atoms with Crippen LogP contribution >= 0.6 is 11.3 Å². The highest BCUT2D eigenvalue weighted by Crippen LogP contribution is 2.17. The number of aryl methyl sites for hydroxylation is 1. The summed E-state index contributed by atoms with van der Waals surface area (Å²) in [7, 11) is 0. The van der Waals surface area contributed by atoms with Crippen LogP contribution in [0.25, 0.3) is 0 Å². The number of aromatic nitrogens is 2. The number of aromatic amines is 1. The Kier molecular flexibility index (Phi) is 4.52. The van der Waals surface area contributed by atoms with E-state index in [9.17, 15) is 14.7 Å². The van der Waals surface area contributed by atoms with Gasteiger partial charge in [0.2, 0.25) is 0 Å². The standard InChI is InChI=1S/C13H15N3O3S/c1-2-9-3-4-11(20-9)12(17)16-10(13(18)19)5-8-6-14-7-15-8/h3-4,6-7,10H,2,5H2,1H3,(H,14,15)(H,16,17)(H,18,19)/t10-/m1/s1.